The molecule has 1 saturated heterocycles. The highest BCUT2D eigenvalue weighted by atomic mass is 35.5. The van der Waals surface area contributed by atoms with E-state index in [0.29, 0.717) is 11.5 Å². The maximum atomic E-state index is 9.05. The molecule has 27 heavy (non-hydrogen) atoms. The first kappa shape index (κ1) is 23.0. The van der Waals surface area contributed by atoms with Gasteiger partial charge in [-0.3, -0.25) is 0 Å². The first-order chi connectivity index (χ1) is 12.2. The van der Waals surface area contributed by atoms with Crippen LogP contribution in [0.15, 0.2) is 30.3 Å². The minimum atomic E-state index is 0. The number of aromatic nitrogens is 2. The SMILES string of the molecule is CCCCc1cc(N2CC[C@H](N)C2)nc(Nc2cccc(C#N)c2)n1.Cl.Cl. The van der Waals surface area contributed by atoms with Gasteiger partial charge in [0, 0.05) is 36.6 Å². The Hall–Kier alpha value is -2.07. The van der Waals surface area contributed by atoms with Crippen LogP contribution in [0.4, 0.5) is 17.5 Å². The van der Waals surface area contributed by atoms with Crippen LogP contribution >= 0.6 is 24.8 Å². The number of benzene rings is 1. The summed E-state index contributed by atoms with van der Waals surface area (Å²) in [5.41, 5.74) is 8.50. The highest BCUT2D eigenvalue weighted by Crippen LogP contribution is 2.23. The Balaban J connectivity index is 0.00000182. The second-order valence-corrected chi connectivity index (χ2v) is 6.46. The van der Waals surface area contributed by atoms with Crippen molar-refractivity contribution in [3.05, 3.63) is 41.6 Å². The van der Waals surface area contributed by atoms with Crippen LogP contribution in [-0.4, -0.2) is 29.1 Å². The summed E-state index contributed by atoms with van der Waals surface area (Å²) in [7, 11) is 0. The first-order valence-electron chi connectivity index (χ1n) is 8.83. The van der Waals surface area contributed by atoms with Gasteiger partial charge in [0.25, 0.3) is 0 Å². The van der Waals surface area contributed by atoms with Gasteiger partial charge in [-0.2, -0.15) is 10.2 Å². The summed E-state index contributed by atoms with van der Waals surface area (Å²) in [5.74, 6) is 1.49. The molecule has 146 valence electrons. The molecule has 0 radical (unpaired) electrons. The summed E-state index contributed by atoms with van der Waals surface area (Å²) in [6, 6.07) is 11.8. The van der Waals surface area contributed by atoms with Crippen molar-refractivity contribution >= 4 is 42.3 Å². The molecule has 1 atom stereocenters. The van der Waals surface area contributed by atoms with Gasteiger partial charge >= 0.3 is 0 Å². The molecule has 1 aromatic carbocycles. The zero-order chi connectivity index (χ0) is 17.6. The van der Waals surface area contributed by atoms with Crippen molar-refractivity contribution in [3.8, 4) is 6.07 Å². The smallest absolute Gasteiger partial charge is 0.229 e. The number of nitriles is 1. The van der Waals surface area contributed by atoms with Crippen molar-refractivity contribution in [2.45, 2.75) is 38.6 Å². The highest BCUT2D eigenvalue weighted by Gasteiger charge is 2.21. The number of hydrogen-bond acceptors (Lipinski definition) is 6. The van der Waals surface area contributed by atoms with E-state index in [4.69, 9.17) is 11.0 Å². The Labute approximate surface area is 173 Å². The molecular formula is C19H26Cl2N6. The molecule has 0 amide bonds. The van der Waals surface area contributed by atoms with Crippen LogP contribution in [0.3, 0.4) is 0 Å². The average Bonchev–Trinajstić information content (AvgIpc) is 3.06. The zero-order valence-corrected chi connectivity index (χ0v) is 17.0. The summed E-state index contributed by atoms with van der Waals surface area (Å²) in [6.07, 6.45) is 4.14. The van der Waals surface area contributed by atoms with Gasteiger partial charge in [0.1, 0.15) is 5.82 Å². The predicted molar refractivity (Wildman–Crippen MR) is 114 cm³/mol. The lowest BCUT2D eigenvalue weighted by atomic mass is 10.2. The number of halogens is 2. The molecule has 0 spiro atoms. The van der Waals surface area contributed by atoms with Gasteiger partial charge in [0.15, 0.2) is 0 Å². The summed E-state index contributed by atoms with van der Waals surface area (Å²) in [4.78, 5) is 11.5. The maximum Gasteiger partial charge on any atom is 0.229 e. The van der Waals surface area contributed by atoms with Crippen LogP contribution in [0, 0.1) is 11.3 Å². The van der Waals surface area contributed by atoms with E-state index in [1.165, 1.54) is 0 Å². The van der Waals surface area contributed by atoms with Crippen molar-refractivity contribution in [2.24, 2.45) is 5.73 Å². The molecule has 1 fully saturated rings. The Morgan fingerprint density at radius 3 is 2.78 bits per heavy atom. The third-order valence-electron chi connectivity index (χ3n) is 4.35. The van der Waals surface area contributed by atoms with Crippen molar-refractivity contribution in [1.29, 1.82) is 5.26 Å². The number of aryl methyl sites for hydroxylation is 1. The summed E-state index contributed by atoms with van der Waals surface area (Å²) < 4.78 is 0. The normalized spacial score (nSPS) is 15.4. The van der Waals surface area contributed by atoms with E-state index in [2.05, 4.69) is 39.2 Å². The third-order valence-corrected chi connectivity index (χ3v) is 4.35. The molecule has 6 nitrogen and oxygen atoms in total. The average molecular weight is 409 g/mol. The van der Waals surface area contributed by atoms with Gasteiger partial charge in [-0.15, -0.1) is 24.8 Å². The largest absolute Gasteiger partial charge is 0.355 e. The standard InChI is InChI=1S/C19H24N6.2ClH/c1-2-3-6-17-11-18(25-9-8-15(21)13-25)24-19(23-17)22-16-7-4-5-14(10-16)12-20;;/h4-5,7,10-11,15H,2-3,6,8-9,13,21H2,1H3,(H,22,23,24);2*1H/t15-;;/m0../s1. The van der Waals surface area contributed by atoms with Gasteiger partial charge in [-0.25, -0.2) is 4.98 Å². The molecular weight excluding hydrogens is 383 g/mol. The molecule has 1 aliphatic heterocycles. The lowest BCUT2D eigenvalue weighted by Gasteiger charge is -2.19. The van der Waals surface area contributed by atoms with Gasteiger partial charge in [0.2, 0.25) is 5.95 Å². The molecule has 0 saturated carbocycles. The fourth-order valence-electron chi connectivity index (χ4n) is 2.98. The van der Waals surface area contributed by atoms with Crippen molar-refractivity contribution < 1.29 is 0 Å². The molecule has 3 N–H and O–H groups in total. The van der Waals surface area contributed by atoms with E-state index in [1.54, 1.807) is 12.1 Å². The van der Waals surface area contributed by atoms with Crippen LogP contribution in [0.5, 0.6) is 0 Å². The Kier molecular flexibility index (Phi) is 9.30. The Morgan fingerprint density at radius 1 is 1.30 bits per heavy atom. The Morgan fingerprint density at radius 2 is 2.11 bits per heavy atom. The van der Waals surface area contributed by atoms with Crippen LogP contribution in [-0.2, 0) is 6.42 Å². The van der Waals surface area contributed by atoms with Crippen molar-refractivity contribution in [1.82, 2.24) is 9.97 Å². The van der Waals surface area contributed by atoms with E-state index < -0.39 is 0 Å². The number of nitrogens with zero attached hydrogens (tertiary/aromatic N) is 4. The van der Waals surface area contributed by atoms with E-state index in [-0.39, 0.29) is 30.9 Å². The van der Waals surface area contributed by atoms with Crippen molar-refractivity contribution in [2.75, 3.05) is 23.3 Å². The lowest BCUT2D eigenvalue weighted by molar-refractivity contribution is 0.750. The van der Waals surface area contributed by atoms with E-state index >= 15 is 0 Å². The van der Waals surface area contributed by atoms with Gasteiger partial charge < -0.3 is 16.0 Å². The highest BCUT2D eigenvalue weighted by molar-refractivity contribution is 5.85. The topological polar surface area (TPSA) is 90.9 Å². The summed E-state index contributed by atoms with van der Waals surface area (Å²) in [6.45, 7) is 3.93. The molecule has 3 rings (SSSR count). The fraction of sp³-hybridized carbons (Fsp3) is 0.421. The van der Waals surface area contributed by atoms with Gasteiger partial charge in [-0.1, -0.05) is 19.4 Å². The summed E-state index contributed by atoms with van der Waals surface area (Å²) >= 11 is 0. The Bertz CT molecular complexity index is 777. The molecule has 1 aliphatic rings. The van der Waals surface area contributed by atoms with E-state index in [0.717, 1.165) is 56.0 Å². The molecule has 2 heterocycles. The van der Waals surface area contributed by atoms with Crippen LogP contribution < -0.4 is 16.0 Å². The minimum absolute atomic E-state index is 0. The van der Waals surface area contributed by atoms with Crippen LogP contribution in [0.25, 0.3) is 0 Å². The van der Waals surface area contributed by atoms with Gasteiger partial charge in [-0.05, 0) is 37.5 Å². The number of nitrogens with one attached hydrogen (secondary N) is 1. The van der Waals surface area contributed by atoms with Gasteiger partial charge in [0.05, 0.1) is 11.6 Å². The van der Waals surface area contributed by atoms with Crippen LogP contribution in [0.2, 0.25) is 0 Å². The van der Waals surface area contributed by atoms with E-state index in [9.17, 15) is 0 Å². The van der Waals surface area contributed by atoms with Crippen LogP contribution in [0.1, 0.15) is 37.4 Å². The number of anilines is 3. The molecule has 0 bridgehead atoms. The number of nitrogens with two attached hydrogens (primary N) is 1. The molecule has 0 unspecified atom stereocenters. The monoisotopic (exact) mass is 408 g/mol. The molecule has 0 aliphatic carbocycles. The number of unbranched alkanes of at least 4 members (excludes halogenated alkanes) is 1. The quantitative estimate of drug-likeness (QED) is 0.754. The second-order valence-electron chi connectivity index (χ2n) is 6.46. The first-order valence-corrected chi connectivity index (χ1v) is 8.83. The summed E-state index contributed by atoms with van der Waals surface area (Å²) in [5, 5.41) is 12.3. The van der Waals surface area contributed by atoms with Crippen molar-refractivity contribution in [3.63, 3.8) is 0 Å². The lowest BCUT2D eigenvalue weighted by Crippen LogP contribution is -2.27. The number of hydrogen-bond donors (Lipinski definition) is 2. The third kappa shape index (κ3) is 6.24. The molecule has 8 heteroatoms. The predicted octanol–water partition coefficient (Wildman–Crippen LogP) is 3.82. The molecule has 1 aromatic heterocycles. The zero-order valence-electron chi connectivity index (χ0n) is 15.4. The second kappa shape index (κ2) is 10.9. The fourth-order valence-corrected chi connectivity index (χ4v) is 2.98. The number of rotatable bonds is 6. The van der Waals surface area contributed by atoms with E-state index in [1.807, 2.05) is 12.1 Å². The molecule has 2 aromatic rings. The maximum absolute atomic E-state index is 9.05. The minimum Gasteiger partial charge on any atom is -0.355 e.